The molecule has 3 heterocycles. The van der Waals surface area contributed by atoms with Gasteiger partial charge in [-0.25, -0.2) is 0 Å². The molecule has 0 spiro atoms. The number of aromatic nitrogens is 3. The van der Waals surface area contributed by atoms with E-state index in [-0.39, 0.29) is 29.3 Å². The number of anilines is 1. The van der Waals surface area contributed by atoms with E-state index in [9.17, 15) is 9.59 Å². The lowest BCUT2D eigenvalue weighted by molar-refractivity contribution is -0.115. The first-order valence-corrected chi connectivity index (χ1v) is 11.8. The van der Waals surface area contributed by atoms with Crippen LogP contribution < -0.4 is 10.2 Å². The monoisotopic (exact) mass is 487 g/mol. The first-order chi connectivity index (χ1) is 17.1. The Balaban J connectivity index is 1.24. The molecule has 2 N–H and O–H groups in total. The normalized spacial score (nSPS) is 11.0. The summed E-state index contributed by atoms with van der Waals surface area (Å²) >= 11 is 1.14. The van der Waals surface area contributed by atoms with Gasteiger partial charge in [-0.1, -0.05) is 42.1 Å². The van der Waals surface area contributed by atoms with E-state index in [1.54, 1.807) is 49.7 Å². The molecule has 9 nitrogen and oxygen atoms in total. The van der Waals surface area contributed by atoms with Crippen molar-refractivity contribution in [1.29, 1.82) is 0 Å². The summed E-state index contributed by atoms with van der Waals surface area (Å²) in [6.07, 6.45) is 3.37. The number of carbonyl (C=O) groups is 2. The van der Waals surface area contributed by atoms with Crippen molar-refractivity contribution in [3.05, 3.63) is 84.4 Å². The fourth-order valence-corrected chi connectivity index (χ4v) is 4.29. The lowest BCUT2D eigenvalue weighted by Gasteiger charge is -2.20. The van der Waals surface area contributed by atoms with Crippen LogP contribution in [0.5, 0.6) is 0 Å². The lowest BCUT2D eigenvalue weighted by atomic mass is 10.1. The molecule has 0 fully saturated rings. The second-order valence-electron chi connectivity index (χ2n) is 7.64. The molecular formula is C25H21N5O4S. The molecule has 0 saturated heterocycles. The average Bonchev–Trinajstić information content (AvgIpc) is 3.66. The molecule has 0 bridgehead atoms. The highest BCUT2D eigenvalue weighted by Crippen LogP contribution is 2.30. The van der Waals surface area contributed by atoms with Crippen LogP contribution in [-0.4, -0.2) is 39.8 Å². The third kappa shape index (κ3) is 4.82. The van der Waals surface area contributed by atoms with Crippen molar-refractivity contribution in [2.45, 2.75) is 11.8 Å². The highest BCUT2D eigenvalue weighted by Gasteiger charge is 2.20. The number of thioether (sulfide) groups is 1. The summed E-state index contributed by atoms with van der Waals surface area (Å²) in [6.45, 7) is 0.254. The molecule has 35 heavy (non-hydrogen) atoms. The van der Waals surface area contributed by atoms with Gasteiger partial charge in [0.15, 0.2) is 0 Å². The third-order valence-electron chi connectivity index (χ3n) is 5.43. The number of fused-ring (bicyclic) bond motifs is 1. The van der Waals surface area contributed by atoms with Gasteiger partial charge in [-0.2, -0.15) is 0 Å². The quantitative estimate of drug-likeness (QED) is 0.310. The summed E-state index contributed by atoms with van der Waals surface area (Å²) in [5.41, 5.74) is 2.66. The maximum absolute atomic E-state index is 12.9. The molecule has 2 amide bonds. The molecule has 0 aliphatic carbocycles. The Bertz CT molecular complexity index is 1470. The van der Waals surface area contributed by atoms with E-state index in [0.29, 0.717) is 22.9 Å². The molecule has 0 aliphatic heterocycles. The first kappa shape index (κ1) is 22.5. The standard InChI is InChI=1S/C25H21N5O4S/c1-30(21-11-5-3-9-18(21)23(32)27-13-16-7-6-12-33-16)22(31)15-35-25-29-28-24(34-25)19-14-26-20-10-4-2-8-17(19)20/h2-12,14,26H,13,15H2,1H3,(H,27,32). The molecule has 5 aromatic rings. The van der Waals surface area contributed by atoms with Gasteiger partial charge in [-0.05, 0) is 30.3 Å². The summed E-state index contributed by atoms with van der Waals surface area (Å²) in [5, 5.41) is 12.3. The summed E-state index contributed by atoms with van der Waals surface area (Å²) < 4.78 is 11.0. The number of aromatic amines is 1. The van der Waals surface area contributed by atoms with E-state index >= 15 is 0 Å². The van der Waals surface area contributed by atoms with Crippen molar-refractivity contribution in [2.75, 3.05) is 17.7 Å². The average molecular weight is 488 g/mol. The van der Waals surface area contributed by atoms with Crippen LogP contribution in [0.3, 0.4) is 0 Å². The molecule has 176 valence electrons. The molecule has 0 saturated carbocycles. The van der Waals surface area contributed by atoms with Gasteiger partial charge in [0.25, 0.3) is 17.0 Å². The molecule has 3 aromatic heterocycles. The molecule has 0 unspecified atom stereocenters. The van der Waals surface area contributed by atoms with Crippen LogP contribution in [-0.2, 0) is 11.3 Å². The zero-order valence-electron chi connectivity index (χ0n) is 18.7. The molecule has 2 aromatic carbocycles. The zero-order chi connectivity index (χ0) is 24.2. The Morgan fingerprint density at radius 2 is 1.89 bits per heavy atom. The lowest BCUT2D eigenvalue weighted by Crippen LogP contribution is -2.31. The zero-order valence-corrected chi connectivity index (χ0v) is 19.5. The van der Waals surface area contributed by atoms with Gasteiger partial charge in [-0.3, -0.25) is 9.59 Å². The van der Waals surface area contributed by atoms with Crippen LogP contribution in [0.4, 0.5) is 5.69 Å². The number of hydrogen-bond acceptors (Lipinski definition) is 7. The molecule has 0 aliphatic rings. The van der Waals surface area contributed by atoms with Crippen LogP contribution in [0.15, 0.2) is 87.2 Å². The minimum Gasteiger partial charge on any atom is -0.467 e. The maximum atomic E-state index is 12.9. The van der Waals surface area contributed by atoms with Crippen molar-refractivity contribution in [1.82, 2.24) is 20.5 Å². The van der Waals surface area contributed by atoms with Crippen LogP contribution >= 0.6 is 11.8 Å². The predicted octanol–water partition coefficient (Wildman–Crippen LogP) is 4.50. The van der Waals surface area contributed by atoms with Crippen molar-refractivity contribution < 1.29 is 18.4 Å². The SMILES string of the molecule is CN(C(=O)CSc1nnc(-c2c[nH]c3ccccc23)o1)c1ccccc1C(=O)NCc1ccco1. The summed E-state index contributed by atoms with van der Waals surface area (Å²) in [7, 11) is 1.63. The Hall–Kier alpha value is -4.31. The number of hydrogen-bond donors (Lipinski definition) is 2. The topological polar surface area (TPSA) is 117 Å². The highest BCUT2D eigenvalue weighted by molar-refractivity contribution is 7.99. The van der Waals surface area contributed by atoms with Gasteiger partial charge >= 0.3 is 0 Å². The minimum absolute atomic E-state index is 0.0639. The van der Waals surface area contributed by atoms with E-state index in [1.807, 2.05) is 30.5 Å². The van der Waals surface area contributed by atoms with Gasteiger partial charge in [0, 0.05) is 24.1 Å². The maximum Gasteiger partial charge on any atom is 0.277 e. The van der Waals surface area contributed by atoms with E-state index in [4.69, 9.17) is 8.83 Å². The number of rotatable bonds is 8. The number of amides is 2. The van der Waals surface area contributed by atoms with Gasteiger partial charge in [0.2, 0.25) is 5.91 Å². The molecule has 5 rings (SSSR count). The number of nitrogens with one attached hydrogen (secondary N) is 2. The summed E-state index contributed by atoms with van der Waals surface area (Å²) in [5.74, 6) is 0.569. The minimum atomic E-state index is -0.301. The molecule has 10 heteroatoms. The summed E-state index contributed by atoms with van der Waals surface area (Å²) in [6, 6.07) is 18.3. The van der Waals surface area contributed by atoms with Crippen LogP contribution in [0.25, 0.3) is 22.4 Å². The Morgan fingerprint density at radius 1 is 1.06 bits per heavy atom. The number of carbonyl (C=O) groups excluding carboxylic acids is 2. The number of furan rings is 1. The van der Waals surface area contributed by atoms with E-state index in [2.05, 4.69) is 20.5 Å². The number of H-pyrrole nitrogens is 1. The Kier molecular flexibility index (Phi) is 6.36. The second kappa shape index (κ2) is 9.90. The largest absolute Gasteiger partial charge is 0.467 e. The molecule has 0 atom stereocenters. The number of benzene rings is 2. The van der Waals surface area contributed by atoms with E-state index in [0.717, 1.165) is 28.2 Å². The van der Waals surface area contributed by atoms with Gasteiger partial charge in [0.05, 0.1) is 35.4 Å². The highest BCUT2D eigenvalue weighted by atomic mass is 32.2. The first-order valence-electron chi connectivity index (χ1n) is 10.8. The van der Waals surface area contributed by atoms with E-state index < -0.39 is 0 Å². The van der Waals surface area contributed by atoms with Gasteiger partial charge in [-0.15, -0.1) is 10.2 Å². The van der Waals surface area contributed by atoms with Gasteiger partial charge in [0.1, 0.15) is 5.76 Å². The van der Waals surface area contributed by atoms with Crippen molar-refractivity contribution in [3.8, 4) is 11.5 Å². The Morgan fingerprint density at radius 3 is 2.74 bits per heavy atom. The van der Waals surface area contributed by atoms with Gasteiger partial charge < -0.3 is 24.0 Å². The van der Waals surface area contributed by atoms with Crippen molar-refractivity contribution in [2.24, 2.45) is 0 Å². The second-order valence-corrected chi connectivity index (χ2v) is 8.57. The smallest absolute Gasteiger partial charge is 0.277 e. The molecule has 0 radical (unpaired) electrons. The summed E-state index contributed by atoms with van der Waals surface area (Å²) in [4.78, 5) is 30.3. The van der Waals surface area contributed by atoms with Crippen LogP contribution in [0.2, 0.25) is 0 Å². The Labute approximate surface area is 204 Å². The number of nitrogens with zero attached hydrogens (tertiary/aromatic N) is 3. The molecular weight excluding hydrogens is 466 g/mol. The third-order valence-corrected chi connectivity index (χ3v) is 6.24. The van der Waals surface area contributed by atoms with Crippen LogP contribution in [0.1, 0.15) is 16.1 Å². The van der Waals surface area contributed by atoms with E-state index in [1.165, 1.54) is 4.90 Å². The number of para-hydroxylation sites is 2. The van der Waals surface area contributed by atoms with Crippen LogP contribution in [0, 0.1) is 0 Å². The fraction of sp³-hybridized carbons (Fsp3) is 0.120. The van der Waals surface area contributed by atoms with Crippen molar-refractivity contribution >= 4 is 40.2 Å². The van der Waals surface area contributed by atoms with Crippen molar-refractivity contribution in [3.63, 3.8) is 0 Å². The fourth-order valence-electron chi connectivity index (χ4n) is 3.61. The predicted molar refractivity (Wildman–Crippen MR) is 132 cm³/mol.